The molecule has 0 radical (unpaired) electrons. The number of hydrogen-bond acceptors (Lipinski definition) is 7. The zero-order valence-corrected chi connectivity index (χ0v) is 18.0. The maximum atomic E-state index is 6.36. The van der Waals surface area contributed by atoms with Gasteiger partial charge in [-0.15, -0.1) is 0 Å². The first-order chi connectivity index (χ1) is 14.0. The lowest BCUT2D eigenvalue weighted by Crippen LogP contribution is -2.44. The highest BCUT2D eigenvalue weighted by Crippen LogP contribution is 2.32. The minimum absolute atomic E-state index is 0.0754. The van der Waals surface area contributed by atoms with E-state index in [0.29, 0.717) is 22.8 Å². The third-order valence-electron chi connectivity index (χ3n) is 5.85. The molecule has 29 heavy (non-hydrogen) atoms. The molecule has 8 heteroatoms. The third-order valence-corrected chi connectivity index (χ3v) is 6.14. The predicted molar refractivity (Wildman–Crippen MR) is 114 cm³/mol. The number of pyridine rings is 1. The molecule has 0 N–H and O–H groups in total. The number of rotatable bonds is 5. The molecular weight excluding hydrogens is 390 g/mol. The van der Waals surface area contributed by atoms with E-state index in [-0.39, 0.29) is 6.10 Å². The lowest BCUT2D eigenvalue weighted by molar-refractivity contribution is 0.110. The van der Waals surface area contributed by atoms with Crippen LogP contribution in [0.2, 0.25) is 5.02 Å². The SMILES string of the molecule is COc1cc(N2CC[C@@H](Oc3ncc(N4CCC(C)C4)cn3)[C@H](C)C2)c(Cl)cn1. The number of piperidine rings is 1. The summed E-state index contributed by atoms with van der Waals surface area (Å²) in [7, 11) is 1.61. The van der Waals surface area contributed by atoms with Crippen LogP contribution in [0.15, 0.2) is 24.7 Å². The maximum absolute atomic E-state index is 6.36. The molecule has 7 nitrogen and oxygen atoms in total. The Hall–Kier alpha value is -2.28. The quantitative estimate of drug-likeness (QED) is 0.735. The molecule has 2 aliphatic rings. The second-order valence-corrected chi connectivity index (χ2v) is 8.52. The van der Waals surface area contributed by atoms with Gasteiger partial charge in [0.05, 0.1) is 42.1 Å². The summed E-state index contributed by atoms with van der Waals surface area (Å²) >= 11 is 6.36. The second-order valence-electron chi connectivity index (χ2n) is 8.11. The highest BCUT2D eigenvalue weighted by atomic mass is 35.5. The Kier molecular flexibility index (Phi) is 5.94. The largest absolute Gasteiger partial charge is 0.481 e. The van der Waals surface area contributed by atoms with Crippen LogP contribution in [0, 0.1) is 11.8 Å². The highest BCUT2D eigenvalue weighted by molar-refractivity contribution is 6.33. The van der Waals surface area contributed by atoms with E-state index in [9.17, 15) is 0 Å². The second kappa shape index (κ2) is 8.61. The molecule has 2 fully saturated rings. The summed E-state index contributed by atoms with van der Waals surface area (Å²) in [6, 6.07) is 2.34. The van der Waals surface area contributed by atoms with Crippen molar-refractivity contribution < 1.29 is 9.47 Å². The number of nitrogens with zero attached hydrogens (tertiary/aromatic N) is 5. The van der Waals surface area contributed by atoms with Crippen molar-refractivity contribution in [2.75, 3.05) is 43.1 Å². The Morgan fingerprint density at radius 3 is 2.41 bits per heavy atom. The van der Waals surface area contributed by atoms with E-state index in [2.05, 4.69) is 38.6 Å². The summed E-state index contributed by atoms with van der Waals surface area (Å²) in [6.45, 7) is 8.28. The van der Waals surface area contributed by atoms with Crippen LogP contribution in [-0.2, 0) is 0 Å². The maximum Gasteiger partial charge on any atom is 0.316 e. The predicted octanol–water partition coefficient (Wildman–Crippen LogP) is 3.67. The Balaban J connectivity index is 1.37. The van der Waals surface area contributed by atoms with E-state index in [4.69, 9.17) is 21.1 Å². The normalized spacial score (nSPS) is 24.6. The molecule has 3 atom stereocenters. The molecule has 0 aliphatic carbocycles. The summed E-state index contributed by atoms with van der Waals surface area (Å²) in [5, 5.41) is 0.632. The van der Waals surface area contributed by atoms with Gasteiger partial charge >= 0.3 is 6.01 Å². The van der Waals surface area contributed by atoms with E-state index >= 15 is 0 Å². The number of aromatic nitrogens is 3. The molecule has 2 aromatic heterocycles. The first-order valence-corrected chi connectivity index (χ1v) is 10.6. The van der Waals surface area contributed by atoms with Gasteiger partial charge in [-0.3, -0.25) is 0 Å². The van der Waals surface area contributed by atoms with E-state index in [0.717, 1.165) is 49.9 Å². The number of anilines is 2. The Labute approximate surface area is 177 Å². The van der Waals surface area contributed by atoms with Crippen LogP contribution in [0.25, 0.3) is 0 Å². The van der Waals surface area contributed by atoms with E-state index in [1.807, 2.05) is 18.5 Å². The van der Waals surface area contributed by atoms with Crippen molar-refractivity contribution in [1.29, 1.82) is 0 Å². The van der Waals surface area contributed by atoms with Gasteiger partial charge in [-0.25, -0.2) is 15.0 Å². The minimum atomic E-state index is 0.0754. The van der Waals surface area contributed by atoms with Gasteiger partial charge in [0.1, 0.15) is 6.10 Å². The van der Waals surface area contributed by atoms with Gasteiger partial charge in [0.25, 0.3) is 0 Å². The molecule has 156 valence electrons. The number of ether oxygens (including phenoxy) is 2. The Bertz CT molecular complexity index is 834. The smallest absolute Gasteiger partial charge is 0.316 e. The first kappa shape index (κ1) is 20.0. The minimum Gasteiger partial charge on any atom is -0.481 e. The van der Waals surface area contributed by atoms with Crippen LogP contribution in [0.5, 0.6) is 11.9 Å². The van der Waals surface area contributed by atoms with Crippen molar-refractivity contribution >= 4 is 23.0 Å². The lowest BCUT2D eigenvalue weighted by atomic mass is 9.96. The molecule has 4 heterocycles. The van der Waals surface area contributed by atoms with Crippen LogP contribution >= 0.6 is 11.6 Å². The fourth-order valence-electron chi connectivity index (χ4n) is 4.12. The standard InChI is InChI=1S/C21H28ClN5O2/c1-14-4-6-26(12-14)16-9-24-21(25-10-16)29-19-5-7-27(13-15(19)2)18-8-20(28-3)23-11-17(18)22/h8-11,14-15,19H,4-7,12-13H2,1-3H3/t14?,15-,19-/m1/s1. The molecule has 2 aromatic rings. The van der Waals surface area contributed by atoms with Crippen LogP contribution in [0.1, 0.15) is 26.7 Å². The first-order valence-electron chi connectivity index (χ1n) is 10.2. The summed E-state index contributed by atoms with van der Waals surface area (Å²) in [6.07, 6.45) is 7.57. The lowest BCUT2D eigenvalue weighted by Gasteiger charge is -2.38. The topological polar surface area (TPSA) is 63.6 Å². The summed E-state index contributed by atoms with van der Waals surface area (Å²) in [5.74, 6) is 1.60. The molecule has 0 amide bonds. The highest BCUT2D eigenvalue weighted by Gasteiger charge is 2.30. The summed E-state index contributed by atoms with van der Waals surface area (Å²) < 4.78 is 11.4. The summed E-state index contributed by atoms with van der Waals surface area (Å²) in [4.78, 5) is 17.7. The molecule has 4 rings (SSSR count). The molecule has 2 saturated heterocycles. The Morgan fingerprint density at radius 1 is 1.00 bits per heavy atom. The number of halogens is 1. The van der Waals surface area contributed by atoms with Crippen molar-refractivity contribution in [1.82, 2.24) is 15.0 Å². The molecule has 0 aromatic carbocycles. The Morgan fingerprint density at radius 2 is 1.76 bits per heavy atom. The fraction of sp³-hybridized carbons (Fsp3) is 0.571. The van der Waals surface area contributed by atoms with Crippen molar-refractivity contribution in [2.45, 2.75) is 32.8 Å². The number of hydrogen-bond donors (Lipinski definition) is 0. The van der Waals surface area contributed by atoms with Crippen molar-refractivity contribution in [3.8, 4) is 11.9 Å². The fourth-order valence-corrected chi connectivity index (χ4v) is 4.34. The van der Waals surface area contributed by atoms with Crippen LogP contribution in [0.3, 0.4) is 0 Å². The van der Waals surface area contributed by atoms with E-state index in [1.165, 1.54) is 6.42 Å². The average molecular weight is 418 g/mol. The van der Waals surface area contributed by atoms with E-state index in [1.54, 1.807) is 13.3 Å². The van der Waals surface area contributed by atoms with Gasteiger partial charge in [0.15, 0.2) is 0 Å². The van der Waals surface area contributed by atoms with Crippen LogP contribution in [-0.4, -0.2) is 54.3 Å². The molecule has 1 unspecified atom stereocenters. The molecule has 0 bridgehead atoms. The van der Waals surface area contributed by atoms with Crippen molar-refractivity contribution in [3.05, 3.63) is 29.7 Å². The van der Waals surface area contributed by atoms with Crippen molar-refractivity contribution in [3.63, 3.8) is 0 Å². The van der Waals surface area contributed by atoms with Gasteiger partial charge in [-0.1, -0.05) is 25.4 Å². The van der Waals surface area contributed by atoms with Gasteiger partial charge in [0.2, 0.25) is 5.88 Å². The van der Waals surface area contributed by atoms with Gasteiger partial charge in [0, 0.05) is 44.6 Å². The molecule has 0 saturated carbocycles. The van der Waals surface area contributed by atoms with Gasteiger partial charge in [-0.2, -0.15) is 0 Å². The molecule has 2 aliphatic heterocycles. The summed E-state index contributed by atoms with van der Waals surface area (Å²) in [5.41, 5.74) is 2.02. The van der Waals surface area contributed by atoms with Gasteiger partial charge in [-0.05, 0) is 12.3 Å². The number of methoxy groups -OCH3 is 1. The van der Waals surface area contributed by atoms with Crippen molar-refractivity contribution in [2.24, 2.45) is 11.8 Å². The van der Waals surface area contributed by atoms with Crippen LogP contribution in [0.4, 0.5) is 11.4 Å². The zero-order valence-electron chi connectivity index (χ0n) is 17.2. The molecular formula is C21H28ClN5O2. The third kappa shape index (κ3) is 4.50. The van der Waals surface area contributed by atoms with E-state index < -0.39 is 0 Å². The zero-order chi connectivity index (χ0) is 20.4. The monoisotopic (exact) mass is 417 g/mol. The van der Waals surface area contributed by atoms with Crippen LogP contribution < -0.4 is 19.3 Å². The van der Waals surface area contributed by atoms with Gasteiger partial charge < -0.3 is 19.3 Å². The molecule has 0 spiro atoms. The average Bonchev–Trinajstić information content (AvgIpc) is 3.17.